The first kappa shape index (κ1) is 15.8. The second kappa shape index (κ2) is 6.10. The fourth-order valence-electron chi connectivity index (χ4n) is 3.48. The van der Waals surface area contributed by atoms with Gasteiger partial charge in [-0.2, -0.15) is 4.52 Å². The molecule has 0 spiro atoms. The second-order valence-corrected chi connectivity index (χ2v) is 6.57. The highest BCUT2D eigenvalue weighted by molar-refractivity contribution is 5.57. The summed E-state index contributed by atoms with van der Waals surface area (Å²) in [6.45, 7) is 2.42. The van der Waals surface area contributed by atoms with E-state index in [1.807, 2.05) is 12.1 Å². The standard InChI is InChI=1S/C19H18N6O2/c1-26-15-5-4-12-9-24(10-13(12)7-15)11-14-8-21-19(20)25-18(14)22-17(23-25)16-3-2-6-27-16/h2-8H,9-11H2,1H3,(H2,20,21). The van der Waals surface area contributed by atoms with E-state index in [0.717, 1.165) is 24.4 Å². The Morgan fingerprint density at radius 2 is 2.11 bits per heavy atom. The van der Waals surface area contributed by atoms with Gasteiger partial charge in [-0.3, -0.25) is 4.90 Å². The number of nitrogen functional groups attached to an aromatic ring is 1. The van der Waals surface area contributed by atoms with Crippen molar-refractivity contribution in [3.05, 3.63) is 59.5 Å². The number of benzene rings is 1. The Morgan fingerprint density at radius 3 is 2.93 bits per heavy atom. The van der Waals surface area contributed by atoms with Crippen molar-refractivity contribution in [1.29, 1.82) is 0 Å². The lowest BCUT2D eigenvalue weighted by molar-refractivity contribution is 0.275. The highest BCUT2D eigenvalue weighted by atomic mass is 16.5. The lowest BCUT2D eigenvalue weighted by Gasteiger charge is -2.15. The van der Waals surface area contributed by atoms with Crippen LogP contribution < -0.4 is 10.5 Å². The van der Waals surface area contributed by atoms with Crippen LogP contribution >= 0.6 is 0 Å². The number of ether oxygens (including phenoxy) is 1. The van der Waals surface area contributed by atoms with Gasteiger partial charge in [-0.15, -0.1) is 5.10 Å². The van der Waals surface area contributed by atoms with Gasteiger partial charge < -0.3 is 14.9 Å². The number of nitrogens with two attached hydrogens (primary N) is 1. The Kier molecular flexibility index (Phi) is 3.58. The Bertz CT molecular complexity index is 1120. The summed E-state index contributed by atoms with van der Waals surface area (Å²) in [6.07, 6.45) is 3.37. The summed E-state index contributed by atoms with van der Waals surface area (Å²) in [5, 5.41) is 4.44. The number of rotatable bonds is 4. The van der Waals surface area contributed by atoms with E-state index in [9.17, 15) is 0 Å². The average Bonchev–Trinajstić information content (AvgIpc) is 3.42. The van der Waals surface area contributed by atoms with E-state index in [1.54, 1.807) is 30.2 Å². The number of fused-ring (bicyclic) bond motifs is 2. The van der Waals surface area contributed by atoms with Crippen LogP contribution in [0.2, 0.25) is 0 Å². The molecule has 5 rings (SSSR count). The molecule has 4 heterocycles. The summed E-state index contributed by atoms with van der Waals surface area (Å²) in [7, 11) is 1.69. The summed E-state index contributed by atoms with van der Waals surface area (Å²) in [6, 6.07) is 9.84. The van der Waals surface area contributed by atoms with E-state index < -0.39 is 0 Å². The molecule has 8 nitrogen and oxygen atoms in total. The zero-order valence-electron chi connectivity index (χ0n) is 14.8. The fourth-order valence-corrected chi connectivity index (χ4v) is 3.48. The van der Waals surface area contributed by atoms with Crippen molar-refractivity contribution >= 4 is 11.6 Å². The first-order chi connectivity index (χ1) is 13.2. The predicted molar refractivity (Wildman–Crippen MR) is 98.8 cm³/mol. The van der Waals surface area contributed by atoms with Crippen molar-refractivity contribution in [3.63, 3.8) is 0 Å². The maximum absolute atomic E-state index is 5.99. The van der Waals surface area contributed by atoms with Crippen LogP contribution in [0.1, 0.15) is 16.7 Å². The topological polar surface area (TPSA) is 94.7 Å². The van der Waals surface area contributed by atoms with Crippen molar-refractivity contribution in [1.82, 2.24) is 24.5 Å². The molecule has 0 radical (unpaired) electrons. The van der Waals surface area contributed by atoms with Gasteiger partial charge in [0.15, 0.2) is 11.4 Å². The number of nitrogens with zero attached hydrogens (tertiary/aromatic N) is 5. The zero-order valence-corrected chi connectivity index (χ0v) is 14.8. The fraction of sp³-hybridized carbons (Fsp3) is 0.211. The van der Waals surface area contributed by atoms with Crippen LogP contribution in [0.3, 0.4) is 0 Å². The van der Waals surface area contributed by atoms with Crippen LogP contribution in [0.4, 0.5) is 5.95 Å². The molecule has 0 saturated carbocycles. The third-order valence-electron chi connectivity index (χ3n) is 4.80. The Morgan fingerprint density at radius 1 is 1.22 bits per heavy atom. The number of aromatic nitrogens is 4. The van der Waals surface area contributed by atoms with Gasteiger partial charge in [-0.1, -0.05) is 6.07 Å². The number of anilines is 1. The molecule has 8 heteroatoms. The molecule has 1 aromatic carbocycles. The molecule has 0 bridgehead atoms. The van der Waals surface area contributed by atoms with Crippen LogP contribution in [0.15, 0.2) is 47.2 Å². The molecule has 0 saturated heterocycles. The van der Waals surface area contributed by atoms with Gasteiger partial charge in [0.2, 0.25) is 11.8 Å². The predicted octanol–water partition coefficient (Wildman–Crippen LogP) is 2.49. The number of hydrogen-bond acceptors (Lipinski definition) is 7. The molecule has 136 valence electrons. The average molecular weight is 362 g/mol. The van der Waals surface area contributed by atoms with Gasteiger partial charge in [-0.05, 0) is 35.4 Å². The van der Waals surface area contributed by atoms with Gasteiger partial charge in [0.1, 0.15) is 5.75 Å². The van der Waals surface area contributed by atoms with E-state index in [0.29, 0.717) is 29.7 Å². The van der Waals surface area contributed by atoms with Crippen LogP contribution in [0.5, 0.6) is 5.75 Å². The minimum absolute atomic E-state index is 0.300. The van der Waals surface area contributed by atoms with Crippen LogP contribution in [0, 0.1) is 0 Å². The summed E-state index contributed by atoms with van der Waals surface area (Å²) in [5.41, 5.74) is 10.3. The molecular weight excluding hydrogens is 344 g/mol. The molecule has 0 fully saturated rings. The van der Waals surface area contributed by atoms with Crippen molar-refractivity contribution in [3.8, 4) is 17.3 Å². The van der Waals surface area contributed by atoms with Crippen molar-refractivity contribution in [2.24, 2.45) is 0 Å². The smallest absolute Gasteiger partial charge is 0.223 e. The van der Waals surface area contributed by atoms with Crippen LogP contribution in [-0.2, 0) is 19.6 Å². The van der Waals surface area contributed by atoms with E-state index in [2.05, 4.69) is 32.1 Å². The van der Waals surface area contributed by atoms with Crippen molar-refractivity contribution in [2.75, 3.05) is 12.8 Å². The minimum Gasteiger partial charge on any atom is -0.497 e. The molecular formula is C19H18N6O2. The number of furan rings is 1. The SMILES string of the molecule is COc1ccc2c(c1)CN(Cc1cnc(N)n3nc(-c4ccco4)nc13)C2. The number of methoxy groups -OCH3 is 1. The monoisotopic (exact) mass is 362 g/mol. The Labute approximate surface area is 155 Å². The molecule has 0 aliphatic carbocycles. The quantitative estimate of drug-likeness (QED) is 0.596. The van der Waals surface area contributed by atoms with E-state index in [4.69, 9.17) is 14.9 Å². The van der Waals surface area contributed by atoms with Crippen molar-refractivity contribution in [2.45, 2.75) is 19.6 Å². The Hall–Kier alpha value is -3.39. The molecule has 2 N–H and O–H groups in total. The zero-order chi connectivity index (χ0) is 18.4. The second-order valence-electron chi connectivity index (χ2n) is 6.57. The third kappa shape index (κ3) is 2.70. The highest BCUT2D eigenvalue weighted by Crippen LogP contribution is 2.28. The summed E-state index contributed by atoms with van der Waals surface area (Å²) in [5.74, 6) is 2.28. The van der Waals surface area contributed by atoms with Crippen molar-refractivity contribution < 1.29 is 9.15 Å². The van der Waals surface area contributed by atoms with Gasteiger partial charge in [0.25, 0.3) is 0 Å². The summed E-state index contributed by atoms with van der Waals surface area (Å²) >= 11 is 0. The lowest BCUT2D eigenvalue weighted by atomic mass is 10.1. The highest BCUT2D eigenvalue weighted by Gasteiger charge is 2.22. The minimum atomic E-state index is 0.300. The largest absolute Gasteiger partial charge is 0.497 e. The van der Waals surface area contributed by atoms with Gasteiger partial charge in [-0.25, -0.2) is 9.97 Å². The third-order valence-corrected chi connectivity index (χ3v) is 4.80. The van der Waals surface area contributed by atoms with Gasteiger partial charge >= 0.3 is 0 Å². The molecule has 4 aromatic rings. The molecule has 0 atom stereocenters. The van der Waals surface area contributed by atoms with Crippen LogP contribution in [-0.4, -0.2) is 31.6 Å². The van der Waals surface area contributed by atoms with Gasteiger partial charge in [0, 0.05) is 31.4 Å². The molecule has 3 aromatic heterocycles. The molecule has 27 heavy (non-hydrogen) atoms. The lowest BCUT2D eigenvalue weighted by Crippen LogP contribution is -2.17. The molecule has 0 amide bonds. The van der Waals surface area contributed by atoms with Crippen LogP contribution in [0.25, 0.3) is 17.2 Å². The van der Waals surface area contributed by atoms with E-state index in [1.165, 1.54) is 11.1 Å². The van der Waals surface area contributed by atoms with E-state index in [-0.39, 0.29) is 0 Å². The van der Waals surface area contributed by atoms with E-state index >= 15 is 0 Å². The van der Waals surface area contributed by atoms with Gasteiger partial charge in [0.05, 0.1) is 13.4 Å². The first-order valence-electron chi connectivity index (χ1n) is 8.63. The molecule has 1 aliphatic rings. The number of hydrogen-bond donors (Lipinski definition) is 1. The first-order valence-corrected chi connectivity index (χ1v) is 8.63. The summed E-state index contributed by atoms with van der Waals surface area (Å²) in [4.78, 5) is 11.2. The normalized spacial score (nSPS) is 14.0. The maximum Gasteiger partial charge on any atom is 0.223 e. The molecule has 0 unspecified atom stereocenters. The molecule has 1 aliphatic heterocycles. The summed E-state index contributed by atoms with van der Waals surface area (Å²) < 4.78 is 12.3. The Balaban J connectivity index is 1.46. The maximum atomic E-state index is 5.99.